The topological polar surface area (TPSA) is 6.48 Å². The summed E-state index contributed by atoms with van der Waals surface area (Å²) in [6, 6.07) is 158. The molecule has 2 heteroatoms. The molecule has 0 heterocycles. The Bertz CT molecular complexity index is 7450. The lowest BCUT2D eigenvalue weighted by Crippen LogP contribution is -2.25. The van der Waals surface area contributed by atoms with Crippen LogP contribution in [0.3, 0.4) is 0 Å². The van der Waals surface area contributed by atoms with Gasteiger partial charge in [-0.2, -0.15) is 0 Å². The summed E-state index contributed by atoms with van der Waals surface area (Å²) in [6.45, 7) is 19.1. The second kappa shape index (κ2) is 41.9. The van der Waals surface area contributed by atoms with Gasteiger partial charge in [0, 0.05) is 55.8 Å². The Balaban J connectivity index is 0.469. The molecule has 0 atom stereocenters. The van der Waals surface area contributed by atoms with E-state index < -0.39 is 0 Å². The molecule has 23 rings (SSSR count). The van der Waals surface area contributed by atoms with Crippen LogP contribution in [0.1, 0.15) is 254 Å². The summed E-state index contributed by atoms with van der Waals surface area (Å²) >= 11 is 0. The zero-order chi connectivity index (χ0) is 100. The first kappa shape index (κ1) is 96.7. The van der Waals surface area contributed by atoms with E-state index in [0.717, 1.165) is 34.1 Å². The minimum atomic E-state index is -0.177. The molecule has 0 saturated carbocycles. The first-order valence-electron chi connectivity index (χ1n) is 56.1. The van der Waals surface area contributed by atoms with Gasteiger partial charge in [0.25, 0.3) is 0 Å². The van der Waals surface area contributed by atoms with Crippen molar-refractivity contribution < 1.29 is 0 Å². The van der Waals surface area contributed by atoms with Crippen LogP contribution < -0.4 is 9.80 Å². The van der Waals surface area contributed by atoms with Crippen LogP contribution in [-0.4, -0.2) is 0 Å². The van der Waals surface area contributed by atoms with E-state index in [2.05, 4.69) is 478 Å². The van der Waals surface area contributed by atoms with Crippen molar-refractivity contribution in [2.45, 2.75) is 231 Å². The maximum Gasteiger partial charge on any atom is 0.0462 e. The molecule has 0 bridgehead atoms. The molecule has 0 unspecified atom stereocenters. The molecule has 0 amide bonds. The van der Waals surface area contributed by atoms with E-state index in [-0.39, 0.29) is 21.7 Å². The third-order valence-electron chi connectivity index (χ3n) is 34.5. The van der Waals surface area contributed by atoms with E-state index in [0.29, 0.717) is 0 Å². The van der Waals surface area contributed by atoms with Crippen molar-refractivity contribution in [2.75, 3.05) is 9.80 Å². The van der Waals surface area contributed by atoms with E-state index in [9.17, 15) is 0 Å². The summed E-state index contributed by atoms with van der Waals surface area (Å²) in [4.78, 5) is 4.77. The highest BCUT2D eigenvalue weighted by atomic mass is 15.1. The van der Waals surface area contributed by atoms with Crippen LogP contribution in [0.5, 0.6) is 0 Å². The van der Waals surface area contributed by atoms with Crippen LogP contribution in [0.15, 0.2) is 413 Å². The predicted molar refractivity (Wildman–Crippen MR) is 635 cm³/mol. The Morgan fingerprint density at radius 3 is 0.615 bits per heavy atom. The fourth-order valence-corrected chi connectivity index (χ4v) is 26.6. The lowest BCUT2D eigenvalue weighted by molar-refractivity contribution is 0.399. The van der Waals surface area contributed by atoms with Crippen LogP contribution in [-0.2, 0) is 21.7 Å². The molecule has 148 heavy (non-hydrogen) atoms. The summed E-state index contributed by atoms with van der Waals surface area (Å²) in [5.74, 6) is 0. The fraction of sp³-hybridized carbons (Fsp3) is 0.247. The molecule has 734 valence electrons. The van der Waals surface area contributed by atoms with Crippen LogP contribution in [0.2, 0.25) is 0 Å². The summed E-state index contributed by atoms with van der Waals surface area (Å²) < 4.78 is 0. The second-order valence-electron chi connectivity index (χ2n) is 44.2. The molecule has 0 spiro atoms. The Morgan fingerprint density at radius 2 is 0.345 bits per heavy atom. The molecule has 19 aromatic carbocycles. The van der Waals surface area contributed by atoms with Gasteiger partial charge in [-0.15, -0.1) is 0 Å². The maximum absolute atomic E-state index is 2.63. The molecule has 19 aromatic rings. The average molecular weight is 1920 g/mol. The van der Waals surface area contributed by atoms with Crippen molar-refractivity contribution in [3.63, 3.8) is 0 Å². The molecule has 0 fully saturated rings. The summed E-state index contributed by atoms with van der Waals surface area (Å²) in [5.41, 5.74) is 49.2. The number of anilines is 6. The van der Waals surface area contributed by atoms with Crippen LogP contribution in [0.25, 0.3) is 155 Å². The van der Waals surface area contributed by atoms with E-state index in [1.54, 1.807) is 22.3 Å². The number of rotatable bonds is 38. The molecule has 0 saturated heterocycles. The Kier molecular flexibility index (Phi) is 27.4. The molecule has 4 aliphatic carbocycles. The molecular formula is C146H140N2. The van der Waals surface area contributed by atoms with Gasteiger partial charge in [0.2, 0.25) is 0 Å². The van der Waals surface area contributed by atoms with Crippen molar-refractivity contribution >= 4 is 55.7 Å². The quantitative estimate of drug-likeness (QED) is 0.0281. The third kappa shape index (κ3) is 18.1. The number of hydrogen-bond acceptors (Lipinski definition) is 2. The number of benzene rings is 19. The first-order valence-corrected chi connectivity index (χ1v) is 56.1. The highest BCUT2D eigenvalue weighted by Gasteiger charge is 2.46. The van der Waals surface area contributed by atoms with Crippen molar-refractivity contribution in [2.24, 2.45) is 0 Å². The van der Waals surface area contributed by atoms with Crippen molar-refractivity contribution in [3.05, 3.63) is 457 Å². The zero-order valence-electron chi connectivity index (χ0n) is 88.1. The van der Waals surface area contributed by atoms with Gasteiger partial charge in [-0.05, 0) is 334 Å². The molecule has 0 aromatic heterocycles. The molecule has 2 nitrogen and oxygen atoms in total. The largest absolute Gasteiger partial charge is 0.311 e. The monoisotopic (exact) mass is 1920 g/mol. The van der Waals surface area contributed by atoms with Crippen molar-refractivity contribution in [1.82, 2.24) is 0 Å². The highest BCUT2D eigenvalue weighted by Crippen LogP contribution is 2.60. The Labute approximate surface area is 880 Å². The van der Waals surface area contributed by atoms with Gasteiger partial charge in [0.1, 0.15) is 0 Å². The van der Waals surface area contributed by atoms with E-state index >= 15 is 0 Å². The van der Waals surface area contributed by atoms with Gasteiger partial charge in [-0.3, -0.25) is 0 Å². The fourth-order valence-electron chi connectivity index (χ4n) is 26.6. The molecule has 0 aliphatic heterocycles. The minimum Gasteiger partial charge on any atom is -0.311 e. The zero-order valence-corrected chi connectivity index (χ0v) is 88.1. The summed E-state index contributed by atoms with van der Waals surface area (Å²) in [5, 5.41) is 4.88. The van der Waals surface area contributed by atoms with E-state index in [1.807, 2.05) is 0 Å². The number of para-hydroxylation sites is 2. The van der Waals surface area contributed by atoms with Gasteiger partial charge < -0.3 is 9.80 Å². The lowest BCUT2D eigenvalue weighted by atomic mass is 9.70. The van der Waals surface area contributed by atoms with Crippen molar-refractivity contribution in [1.29, 1.82) is 0 Å². The average Bonchev–Trinajstić information content (AvgIpc) is 1.46. The van der Waals surface area contributed by atoms with Gasteiger partial charge in [-0.25, -0.2) is 0 Å². The third-order valence-corrected chi connectivity index (χ3v) is 34.5. The lowest BCUT2D eigenvalue weighted by Gasteiger charge is -2.33. The molecule has 0 N–H and O–H groups in total. The van der Waals surface area contributed by atoms with Crippen LogP contribution in [0.4, 0.5) is 34.1 Å². The van der Waals surface area contributed by atoms with Gasteiger partial charge >= 0.3 is 0 Å². The van der Waals surface area contributed by atoms with Crippen molar-refractivity contribution in [3.8, 4) is 134 Å². The minimum absolute atomic E-state index is 0.0497. The highest BCUT2D eigenvalue weighted by molar-refractivity contribution is 6.21. The molecule has 4 aliphatic rings. The van der Waals surface area contributed by atoms with Gasteiger partial charge in [-0.1, -0.05) is 487 Å². The maximum atomic E-state index is 2.63. The number of nitrogens with zero attached hydrogens (tertiary/aromatic N) is 2. The number of unbranched alkanes of at least 4 members (excludes halogenated alkanes) is 16. The molecular weight excluding hydrogens is 1780 g/mol. The summed E-state index contributed by atoms with van der Waals surface area (Å²) in [6.07, 6.45) is 31.0. The normalized spacial score (nSPS) is 13.7. The second-order valence-corrected chi connectivity index (χ2v) is 44.2. The van der Waals surface area contributed by atoms with Gasteiger partial charge in [0.15, 0.2) is 0 Å². The number of fused-ring (bicyclic) bond motifs is 14. The first-order chi connectivity index (χ1) is 72.7. The predicted octanol–water partition coefficient (Wildman–Crippen LogP) is 42.9. The number of hydrogen-bond donors (Lipinski definition) is 0. The van der Waals surface area contributed by atoms with Gasteiger partial charge in [0.05, 0.1) is 0 Å². The standard InChI is InChI=1S/C146H140N2/c1-9-13-17-21-39-91-145(92-40-22-18-14-10-2)133-53-37-35-47-121(133)127-89-75-113(99-139(127)145)111-73-87-125-123-85-71-109(95-135(123)143(5,6)137(125)97-111)105-59-55-101(56-60-105)103-63-77-117(78-64-103)147(115-43-27-25-28-44-115)119-81-67-107(68-82-119)141-129-49-31-33-51-131(129)142(132-52-34-32-50-130(132)141)108-69-83-120(84-70-108)148(116-45-29-26-30-46-116)118-79-65-104(66-80-118)102-57-61-106(62-58-102)110-72-86-124-126-88-74-112(98-138(126)144(7,8)136(124)96-110)114-76-90-128-122-48-36-38-54-134(122)146(140(128)100-114,93-41-23-19-15-11-3)94-42-24-20-16-12-4/h25-38,43-90,95-100H,9-24,39-42,91-94H2,1-8H3. The van der Waals surface area contributed by atoms with Crippen LogP contribution >= 0.6 is 0 Å². The van der Waals surface area contributed by atoms with Crippen LogP contribution in [0, 0.1) is 0 Å². The Hall–Kier alpha value is -14.7. The smallest absolute Gasteiger partial charge is 0.0462 e. The molecule has 0 radical (unpaired) electrons. The van der Waals surface area contributed by atoms with E-state index in [1.165, 1.54) is 331 Å². The SMILES string of the molecule is CCCCCCCC1(CCCCCCC)c2ccccc2-c2ccc(-c3ccc4c(c3)C(C)(C)c3cc(-c5ccc(-c6ccc(N(c7ccccc7)c7ccc(-c8c9ccccc9c(-c9ccc(N(c%10ccccc%10)c%10ccc(-c%11ccc(-c%12ccc%13c(c%12)C(C)(C)c%12cc(-c%14ccc%15c(c%14)C(CCCCCCC)(CCCCCCC)c%14ccccc%14-%15)ccc%12-%13)cc%11)cc%10)cc9)c9ccccc89)cc7)cc6)cc5)ccc3-4)cc21. The summed E-state index contributed by atoms with van der Waals surface area (Å²) in [7, 11) is 0. The Morgan fingerprint density at radius 1 is 0.155 bits per heavy atom. The van der Waals surface area contributed by atoms with E-state index in [4.69, 9.17) is 0 Å².